The van der Waals surface area contributed by atoms with E-state index in [0.717, 1.165) is 19.4 Å². The van der Waals surface area contributed by atoms with Crippen molar-refractivity contribution in [3.63, 3.8) is 0 Å². The summed E-state index contributed by atoms with van der Waals surface area (Å²) in [6.07, 6.45) is 1.79. The van der Waals surface area contributed by atoms with Crippen molar-refractivity contribution < 1.29 is 4.79 Å². The molecule has 1 aliphatic heterocycles. The van der Waals surface area contributed by atoms with Crippen molar-refractivity contribution in [3.8, 4) is 0 Å². The summed E-state index contributed by atoms with van der Waals surface area (Å²) in [6, 6.07) is 0.115. The first-order chi connectivity index (χ1) is 3.80. The summed E-state index contributed by atoms with van der Waals surface area (Å²) in [5.41, 5.74) is 0. The fourth-order valence-corrected chi connectivity index (χ4v) is 0.912. The highest BCUT2D eigenvalue weighted by Crippen LogP contribution is 2.00. The fourth-order valence-electron chi connectivity index (χ4n) is 0.912. The summed E-state index contributed by atoms with van der Waals surface area (Å²) in [4.78, 5) is 10.7. The molecule has 0 radical (unpaired) electrons. The van der Waals surface area contributed by atoms with Gasteiger partial charge in [0, 0.05) is 6.42 Å². The topological polar surface area (TPSA) is 29.1 Å². The van der Waals surface area contributed by atoms with Gasteiger partial charge in [0.15, 0.2) is 0 Å². The third kappa shape index (κ3) is 1.07. The van der Waals surface area contributed by atoms with Crippen molar-refractivity contribution in [2.45, 2.75) is 25.8 Å². The number of nitrogens with one attached hydrogen (secondary N) is 1. The molecule has 1 heterocycles. The third-order valence-corrected chi connectivity index (χ3v) is 1.53. The molecule has 1 aliphatic rings. The van der Waals surface area contributed by atoms with E-state index in [0.29, 0.717) is 5.78 Å². The summed E-state index contributed by atoms with van der Waals surface area (Å²) in [5, 5.41) is 3.08. The minimum absolute atomic E-state index is 0.115. The molecule has 1 saturated heterocycles. The van der Waals surface area contributed by atoms with Crippen LogP contribution in [0.1, 0.15) is 19.8 Å². The van der Waals surface area contributed by atoms with E-state index >= 15 is 0 Å². The largest absolute Gasteiger partial charge is 0.308 e. The Balaban J connectivity index is 2.39. The molecule has 0 amide bonds. The first-order valence-corrected chi connectivity index (χ1v) is 3.07. The second kappa shape index (κ2) is 2.27. The first-order valence-electron chi connectivity index (χ1n) is 3.07. The van der Waals surface area contributed by atoms with Crippen molar-refractivity contribution in [2.75, 3.05) is 6.54 Å². The van der Waals surface area contributed by atoms with Gasteiger partial charge in [0.05, 0.1) is 6.04 Å². The van der Waals surface area contributed by atoms with Crippen LogP contribution in [-0.2, 0) is 4.79 Å². The van der Waals surface area contributed by atoms with Crippen LogP contribution in [0.3, 0.4) is 0 Å². The lowest BCUT2D eigenvalue weighted by atomic mass is 10.1. The van der Waals surface area contributed by atoms with Crippen molar-refractivity contribution in [2.24, 2.45) is 0 Å². The zero-order valence-electron chi connectivity index (χ0n) is 5.11. The van der Waals surface area contributed by atoms with Gasteiger partial charge in [0.2, 0.25) is 0 Å². The molecule has 2 nitrogen and oxygen atoms in total. The Bertz CT molecular complexity index is 101. The molecular weight excluding hydrogens is 102 g/mol. The quantitative estimate of drug-likeness (QED) is 0.490. The summed E-state index contributed by atoms with van der Waals surface area (Å²) < 4.78 is 0. The molecule has 0 aromatic carbocycles. The van der Waals surface area contributed by atoms with Crippen LogP contribution in [-0.4, -0.2) is 18.4 Å². The van der Waals surface area contributed by atoms with Crippen LogP contribution in [0.2, 0.25) is 0 Å². The van der Waals surface area contributed by atoms with Gasteiger partial charge in [-0.05, 0) is 19.9 Å². The number of carbonyl (C=O) groups excluding carboxylic acids is 1. The summed E-state index contributed by atoms with van der Waals surface area (Å²) in [5.74, 6) is 0.358. The molecule has 0 saturated carbocycles. The van der Waals surface area contributed by atoms with Gasteiger partial charge in [-0.2, -0.15) is 0 Å². The average Bonchev–Trinajstić information content (AvgIpc) is 1.77. The molecule has 0 aromatic rings. The zero-order chi connectivity index (χ0) is 5.98. The zero-order valence-corrected chi connectivity index (χ0v) is 5.11. The Hall–Kier alpha value is -0.370. The van der Waals surface area contributed by atoms with E-state index in [1.165, 1.54) is 0 Å². The maximum Gasteiger partial charge on any atom is 0.149 e. The Morgan fingerprint density at radius 3 is 2.88 bits per heavy atom. The minimum atomic E-state index is 0.115. The van der Waals surface area contributed by atoms with Gasteiger partial charge in [-0.25, -0.2) is 0 Å². The van der Waals surface area contributed by atoms with Crippen molar-refractivity contribution in [3.05, 3.63) is 0 Å². The highest BCUT2D eigenvalue weighted by Gasteiger charge is 2.15. The maximum absolute atomic E-state index is 10.7. The molecule has 2 heteroatoms. The summed E-state index contributed by atoms with van der Waals surface area (Å²) in [6.45, 7) is 2.92. The lowest BCUT2D eigenvalue weighted by Gasteiger charge is -2.17. The van der Waals surface area contributed by atoms with Crippen molar-refractivity contribution >= 4 is 5.78 Å². The van der Waals surface area contributed by atoms with Crippen molar-refractivity contribution in [1.29, 1.82) is 0 Å². The molecule has 1 atom stereocenters. The van der Waals surface area contributed by atoms with Crippen LogP contribution in [0.25, 0.3) is 0 Å². The number of hydrogen-bond donors (Lipinski definition) is 1. The van der Waals surface area contributed by atoms with Gasteiger partial charge < -0.3 is 5.32 Å². The van der Waals surface area contributed by atoms with Gasteiger partial charge in [-0.3, -0.25) is 4.79 Å². The van der Waals surface area contributed by atoms with Gasteiger partial charge in [0.25, 0.3) is 0 Å². The molecule has 1 rings (SSSR count). The van der Waals surface area contributed by atoms with Gasteiger partial charge >= 0.3 is 0 Å². The summed E-state index contributed by atoms with van der Waals surface area (Å²) in [7, 11) is 0. The molecule has 8 heavy (non-hydrogen) atoms. The molecular formula is C6H11NO. The van der Waals surface area contributed by atoms with Crippen LogP contribution in [0.4, 0.5) is 0 Å². The maximum atomic E-state index is 10.7. The standard InChI is InChI=1S/C6H11NO/c1-5-6(8)3-2-4-7-5/h5,7H,2-4H2,1H3. The van der Waals surface area contributed by atoms with Crippen molar-refractivity contribution in [1.82, 2.24) is 5.32 Å². The Labute approximate surface area is 49.3 Å². The first kappa shape index (κ1) is 5.76. The Morgan fingerprint density at radius 1 is 1.75 bits per heavy atom. The molecule has 0 aliphatic carbocycles. The second-order valence-corrected chi connectivity index (χ2v) is 2.25. The molecule has 0 aromatic heterocycles. The summed E-state index contributed by atoms with van der Waals surface area (Å²) >= 11 is 0. The van der Waals surface area contributed by atoms with Crippen LogP contribution in [0.5, 0.6) is 0 Å². The number of rotatable bonds is 0. The molecule has 1 unspecified atom stereocenters. The Kier molecular flexibility index (Phi) is 1.63. The van der Waals surface area contributed by atoms with E-state index in [2.05, 4.69) is 5.32 Å². The lowest BCUT2D eigenvalue weighted by molar-refractivity contribution is -0.121. The minimum Gasteiger partial charge on any atom is -0.308 e. The van der Waals surface area contributed by atoms with Gasteiger partial charge in [0.1, 0.15) is 5.78 Å². The van der Waals surface area contributed by atoms with Crippen LogP contribution in [0, 0.1) is 0 Å². The third-order valence-electron chi connectivity index (χ3n) is 1.53. The second-order valence-electron chi connectivity index (χ2n) is 2.25. The van der Waals surface area contributed by atoms with E-state index in [9.17, 15) is 4.79 Å². The molecule has 46 valence electrons. The van der Waals surface area contributed by atoms with Crippen LogP contribution in [0.15, 0.2) is 0 Å². The number of hydrogen-bond acceptors (Lipinski definition) is 2. The van der Waals surface area contributed by atoms with Crippen LogP contribution >= 0.6 is 0 Å². The van der Waals surface area contributed by atoms with E-state index in [4.69, 9.17) is 0 Å². The normalized spacial score (nSPS) is 30.6. The van der Waals surface area contributed by atoms with Gasteiger partial charge in [-0.1, -0.05) is 0 Å². The highest BCUT2D eigenvalue weighted by atomic mass is 16.1. The van der Waals surface area contributed by atoms with E-state index in [-0.39, 0.29) is 6.04 Å². The fraction of sp³-hybridized carbons (Fsp3) is 0.833. The van der Waals surface area contributed by atoms with Gasteiger partial charge in [-0.15, -0.1) is 0 Å². The van der Waals surface area contributed by atoms with E-state index in [1.807, 2.05) is 6.92 Å². The molecule has 0 spiro atoms. The number of carbonyl (C=O) groups is 1. The lowest BCUT2D eigenvalue weighted by Crippen LogP contribution is -2.39. The number of ketones is 1. The SMILES string of the molecule is CC1NCCCC1=O. The predicted octanol–water partition coefficient (Wildman–Crippen LogP) is 0.327. The van der Waals surface area contributed by atoms with E-state index < -0.39 is 0 Å². The highest BCUT2D eigenvalue weighted by molar-refractivity contribution is 5.84. The Morgan fingerprint density at radius 2 is 2.50 bits per heavy atom. The predicted molar refractivity (Wildman–Crippen MR) is 31.7 cm³/mol. The van der Waals surface area contributed by atoms with Crippen LogP contribution < -0.4 is 5.32 Å². The number of Topliss-reactive ketones (excluding diaryl/α,β-unsaturated/α-hetero) is 1. The molecule has 1 N–H and O–H groups in total. The smallest absolute Gasteiger partial charge is 0.149 e. The number of piperidine rings is 1. The average molecular weight is 113 g/mol. The van der Waals surface area contributed by atoms with E-state index in [1.54, 1.807) is 0 Å². The molecule has 1 fully saturated rings. The monoisotopic (exact) mass is 113 g/mol. The molecule has 0 bridgehead atoms.